The van der Waals surface area contributed by atoms with Gasteiger partial charge in [-0.1, -0.05) is 27.7 Å². The summed E-state index contributed by atoms with van der Waals surface area (Å²) in [4.78, 5) is 57.8. The van der Waals surface area contributed by atoms with Crippen LogP contribution in [0.1, 0.15) is 53.4 Å². The van der Waals surface area contributed by atoms with Crippen LogP contribution in [0.25, 0.3) is 0 Å². The molecule has 0 spiro atoms. The van der Waals surface area contributed by atoms with Crippen LogP contribution in [0, 0.1) is 5.92 Å². The Bertz CT molecular complexity index is 515. The molecule has 0 unspecified atom stereocenters. The lowest BCUT2D eigenvalue weighted by atomic mass is 10.1. The van der Waals surface area contributed by atoms with E-state index in [0.29, 0.717) is 0 Å². The third-order valence-corrected chi connectivity index (χ3v) is 3.56. The molecule has 148 valence electrons. The molecule has 0 aliphatic heterocycles. The van der Waals surface area contributed by atoms with Crippen LogP contribution in [0.5, 0.6) is 0 Å². The second-order valence-corrected chi connectivity index (χ2v) is 6.79. The highest BCUT2D eigenvalue weighted by Gasteiger charge is 2.12. The van der Waals surface area contributed by atoms with Crippen molar-refractivity contribution in [2.24, 2.45) is 5.92 Å². The highest BCUT2D eigenvalue weighted by Crippen LogP contribution is 1.95. The van der Waals surface area contributed by atoms with E-state index >= 15 is 0 Å². The molecule has 26 heavy (non-hydrogen) atoms. The molecule has 0 rings (SSSR count). The van der Waals surface area contributed by atoms with E-state index in [2.05, 4.69) is 16.0 Å². The molecule has 0 radical (unpaired) electrons. The summed E-state index contributed by atoms with van der Waals surface area (Å²) in [5, 5.41) is 7.89. The molecule has 0 heterocycles. The summed E-state index contributed by atoms with van der Waals surface area (Å²) >= 11 is 0. The van der Waals surface area contributed by atoms with E-state index in [1.165, 1.54) is 0 Å². The first-order valence-corrected chi connectivity index (χ1v) is 8.94. The highest BCUT2D eigenvalue weighted by molar-refractivity contribution is 5.91. The molecule has 0 fully saturated rings. The number of hydrogen-bond acceptors (Lipinski definition) is 6. The van der Waals surface area contributed by atoms with Crippen molar-refractivity contribution >= 4 is 29.2 Å². The van der Waals surface area contributed by atoms with Gasteiger partial charge in [0.2, 0.25) is 11.8 Å². The Morgan fingerprint density at radius 3 is 1.58 bits per heavy atom. The first kappa shape index (κ1) is 23.9. The average Bonchev–Trinajstić information content (AvgIpc) is 2.58. The summed E-state index contributed by atoms with van der Waals surface area (Å²) in [6.07, 6.45) is 0.106. The molecule has 0 saturated carbocycles. The smallest absolute Gasteiger partial charge is 0.220 e. The summed E-state index contributed by atoms with van der Waals surface area (Å²) in [7, 11) is 0. The zero-order chi connectivity index (χ0) is 20.1. The lowest BCUT2D eigenvalue weighted by Crippen LogP contribution is -2.33. The van der Waals surface area contributed by atoms with Crippen LogP contribution in [0.4, 0.5) is 0 Å². The molecule has 0 aromatic rings. The Hall–Kier alpha value is -2.09. The summed E-state index contributed by atoms with van der Waals surface area (Å²) < 4.78 is 0. The maximum Gasteiger partial charge on any atom is 0.220 e. The molecule has 0 aliphatic rings. The van der Waals surface area contributed by atoms with Gasteiger partial charge in [0.25, 0.3) is 0 Å². The van der Waals surface area contributed by atoms with Crippen LogP contribution < -0.4 is 16.0 Å². The standard InChI is InChI=1S/C18H31N3O5/c1-12(2)16(24)11-21-18(26)8-6-15(23)10-20-17(25)7-5-14(22)9-19-13(3)4/h12-13,19H,5-11H2,1-4H3,(H,20,25)(H,21,26). The van der Waals surface area contributed by atoms with Crippen molar-refractivity contribution in [1.29, 1.82) is 0 Å². The van der Waals surface area contributed by atoms with Crippen molar-refractivity contribution < 1.29 is 24.0 Å². The van der Waals surface area contributed by atoms with Gasteiger partial charge in [-0.2, -0.15) is 0 Å². The molecule has 0 aromatic carbocycles. The monoisotopic (exact) mass is 369 g/mol. The molecule has 0 aliphatic carbocycles. The Balaban J connectivity index is 3.84. The average molecular weight is 369 g/mol. The number of ketones is 3. The predicted octanol–water partition coefficient (Wildman–Crippen LogP) is 0.141. The molecule has 8 heteroatoms. The fourth-order valence-electron chi connectivity index (χ4n) is 1.76. The van der Waals surface area contributed by atoms with E-state index in [9.17, 15) is 24.0 Å². The minimum atomic E-state index is -0.373. The van der Waals surface area contributed by atoms with Crippen molar-refractivity contribution in [2.75, 3.05) is 19.6 Å². The highest BCUT2D eigenvalue weighted by atomic mass is 16.2. The molecular formula is C18H31N3O5. The van der Waals surface area contributed by atoms with Gasteiger partial charge < -0.3 is 16.0 Å². The zero-order valence-corrected chi connectivity index (χ0v) is 16.1. The minimum absolute atomic E-state index is 0.0147. The second-order valence-electron chi connectivity index (χ2n) is 6.79. The summed E-state index contributed by atoms with van der Waals surface area (Å²) in [6.45, 7) is 7.35. The van der Waals surface area contributed by atoms with E-state index in [4.69, 9.17) is 0 Å². The molecule has 3 N–H and O–H groups in total. The van der Waals surface area contributed by atoms with Crippen molar-refractivity contribution in [2.45, 2.75) is 59.4 Å². The predicted molar refractivity (Wildman–Crippen MR) is 97.5 cm³/mol. The van der Waals surface area contributed by atoms with Gasteiger partial charge in [0, 0.05) is 37.6 Å². The van der Waals surface area contributed by atoms with Crippen molar-refractivity contribution in [3.05, 3.63) is 0 Å². The van der Waals surface area contributed by atoms with Crippen molar-refractivity contribution in [3.63, 3.8) is 0 Å². The van der Waals surface area contributed by atoms with Crippen LogP contribution in [0.2, 0.25) is 0 Å². The van der Waals surface area contributed by atoms with Crippen molar-refractivity contribution in [3.8, 4) is 0 Å². The molecular weight excluding hydrogens is 338 g/mol. The van der Waals surface area contributed by atoms with E-state index in [1.54, 1.807) is 13.8 Å². The largest absolute Gasteiger partial charge is 0.349 e. The normalized spacial score (nSPS) is 10.7. The van der Waals surface area contributed by atoms with Gasteiger partial charge in [-0.15, -0.1) is 0 Å². The van der Waals surface area contributed by atoms with Crippen LogP contribution >= 0.6 is 0 Å². The van der Waals surface area contributed by atoms with Gasteiger partial charge in [0.05, 0.1) is 19.6 Å². The molecule has 8 nitrogen and oxygen atoms in total. The van der Waals surface area contributed by atoms with E-state index < -0.39 is 0 Å². The Morgan fingerprint density at radius 2 is 1.12 bits per heavy atom. The van der Waals surface area contributed by atoms with Crippen molar-refractivity contribution in [1.82, 2.24) is 16.0 Å². The van der Waals surface area contributed by atoms with E-state index in [1.807, 2.05) is 13.8 Å². The number of carbonyl (C=O) groups is 5. The van der Waals surface area contributed by atoms with Gasteiger partial charge in [0.15, 0.2) is 11.6 Å². The first-order chi connectivity index (χ1) is 12.1. The summed E-state index contributed by atoms with van der Waals surface area (Å²) in [5.41, 5.74) is 0. The Labute approximate surface area is 154 Å². The maximum atomic E-state index is 11.7. The Kier molecular flexibility index (Phi) is 12.1. The number of Topliss-reactive ketones (excluding diaryl/α,β-unsaturated/α-hetero) is 3. The number of carbonyl (C=O) groups excluding carboxylic acids is 5. The van der Waals surface area contributed by atoms with Crippen LogP contribution in [0.3, 0.4) is 0 Å². The van der Waals surface area contributed by atoms with Gasteiger partial charge in [-0.25, -0.2) is 0 Å². The zero-order valence-electron chi connectivity index (χ0n) is 16.1. The third-order valence-electron chi connectivity index (χ3n) is 3.56. The molecule has 0 aromatic heterocycles. The first-order valence-electron chi connectivity index (χ1n) is 8.94. The molecule has 0 bridgehead atoms. The molecule has 2 amide bonds. The number of rotatable bonds is 14. The van der Waals surface area contributed by atoms with Gasteiger partial charge in [-0.05, 0) is 0 Å². The van der Waals surface area contributed by atoms with Gasteiger partial charge >= 0.3 is 0 Å². The number of nitrogens with one attached hydrogen (secondary N) is 3. The van der Waals surface area contributed by atoms with Gasteiger partial charge in [-0.3, -0.25) is 24.0 Å². The quantitative estimate of drug-likeness (QED) is 0.400. The number of amides is 2. The lowest BCUT2D eigenvalue weighted by molar-refractivity contribution is -0.128. The molecule has 0 saturated heterocycles. The second kappa shape index (κ2) is 13.2. The summed E-state index contributed by atoms with van der Waals surface area (Å²) in [5.74, 6) is -1.32. The maximum absolute atomic E-state index is 11.7. The third kappa shape index (κ3) is 13.2. The fourth-order valence-corrected chi connectivity index (χ4v) is 1.76. The number of hydrogen-bond donors (Lipinski definition) is 3. The van der Waals surface area contributed by atoms with Crippen LogP contribution in [-0.4, -0.2) is 54.8 Å². The lowest BCUT2D eigenvalue weighted by Gasteiger charge is -2.08. The summed E-state index contributed by atoms with van der Waals surface area (Å²) in [6, 6.07) is 0.200. The van der Waals surface area contributed by atoms with Crippen LogP contribution in [-0.2, 0) is 24.0 Å². The Morgan fingerprint density at radius 1 is 0.654 bits per heavy atom. The molecule has 0 atom stereocenters. The minimum Gasteiger partial charge on any atom is -0.349 e. The van der Waals surface area contributed by atoms with Crippen LogP contribution in [0.15, 0.2) is 0 Å². The fraction of sp³-hybridized carbons (Fsp3) is 0.722. The van der Waals surface area contributed by atoms with E-state index in [-0.39, 0.29) is 86.4 Å². The SMILES string of the molecule is CC(C)NCC(=O)CCC(=O)NCC(=O)CCC(=O)NCC(=O)C(C)C. The van der Waals surface area contributed by atoms with E-state index in [0.717, 1.165) is 0 Å². The topological polar surface area (TPSA) is 121 Å². The van der Waals surface area contributed by atoms with Gasteiger partial charge in [0.1, 0.15) is 5.78 Å².